The molecule has 7 N–H and O–H groups in total. The zero-order valence-electron chi connectivity index (χ0n) is 17.9. The summed E-state index contributed by atoms with van der Waals surface area (Å²) in [6.45, 7) is -0.563. The van der Waals surface area contributed by atoms with Gasteiger partial charge in [0.15, 0.2) is 21.8 Å². The molecule has 2 atom stereocenters. The van der Waals surface area contributed by atoms with Crippen LogP contribution in [0, 0.1) is 0 Å². The average molecular weight is 572 g/mol. The number of carbonyl (C=O) groups is 4. The van der Waals surface area contributed by atoms with Gasteiger partial charge in [-0.05, 0) is 5.57 Å². The SMILES string of the molecule is NNC(=O)CON=C(C(=O)NC1C(=O)N2C(C(=O)O)=C(CSc3nncs3)CS[C@H]12)c1csc(N)n1. The summed E-state index contributed by atoms with van der Waals surface area (Å²) in [5.41, 5.74) is 9.28. The number of aromatic nitrogens is 3. The van der Waals surface area contributed by atoms with Crippen LogP contribution in [0.4, 0.5) is 5.13 Å². The highest BCUT2D eigenvalue weighted by Crippen LogP contribution is 2.41. The molecule has 19 heteroatoms. The first-order chi connectivity index (χ1) is 17.3. The summed E-state index contributed by atoms with van der Waals surface area (Å²) in [6.07, 6.45) is 0. The number of fused-ring (bicyclic) bond motifs is 1. The first kappa shape index (κ1) is 25.8. The molecule has 1 unspecified atom stereocenters. The normalized spacial score (nSPS) is 19.4. The van der Waals surface area contributed by atoms with Gasteiger partial charge >= 0.3 is 5.97 Å². The fraction of sp³-hybridized carbons (Fsp3) is 0.294. The third-order valence-electron chi connectivity index (χ3n) is 4.74. The predicted molar refractivity (Wildman–Crippen MR) is 132 cm³/mol. The van der Waals surface area contributed by atoms with Gasteiger partial charge in [-0.15, -0.1) is 33.3 Å². The molecule has 4 heterocycles. The lowest BCUT2D eigenvalue weighted by Gasteiger charge is -2.49. The molecule has 0 aliphatic carbocycles. The summed E-state index contributed by atoms with van der Waals surface area (Å²) < 4.78 is 0.681. The highest BCUT2D eigenvalue weighted by Gasteiger charge is 2.54. The predicted octanol–water partition coefficient (Wildman–Crippen LogP) is -1.18. The van der Waals surface area contributed by atoms with Crippen LogP contribution in [0.15, 0.2) is 31.7 Å². The summed E-state index contributed by atoms with van der Waals surface area (Å²) in [5.74, 6) is 2.33. The number of hydrogen-bond donors (Lipinski definition) is 5. The number of β-lactam (4-membered cyclic amide) rings is 1. The second-order valence-electron chi connectivity index (χ2n) is 6.96. The van der Waals surface area contributed by atoms with Gasteiger partial charge in [0, 0.05) is 16.9 Å². The van der Waals surface area contributed by atoms with Crippen LogP contribution in [0.5, 0.6) is 0 Å². The van der Waals surface area contributed by atoms with E-state index >= 15 is 0 Å². The number of amides is 3. The van der Waals surface area contributed by atoms with Crippen molar-refractivity contribution >= 4 is 80.7 Å². The van der Waals surface area contributed by atoms with Crippen LogP contribution in [0.25, 0.3) is 0 Å². The molecule has 36 heavy (non-hydrogen) atoms. The van der Waals surface area contributed by atoms with E-state index < -0.39 is 41.7 Å². The zero-order chi connectivity index (χ0) is 25.8. The number of nitrogens with zero attached hydrogens (tertiary/aromatic N) is 5. The zero-order valence-corrected chi connectivity index (χ0v) is 21.2. The fourth-order valence-electron chi connectivity index (χ4n) is 3.18. The van der Waals surface area contributed by atoms with Crippen molar-refractivity contribution < 1.29 is 29.1 Å². The highest BCUT2D eigenvalue weighted by molar-refractivity contribution is 8.01. The largest absolute Gasteiger partial charge is 0.477 e. The lowest BCUT2D eigenvalue weighted by atomic mass is 10.0. The number of nitrogens with one attached hydrogen (secondary N) is 2. The van der Waals surface area contributed by atoms with Gasteiger partial charge in [0.05, 0.1) is 0 Å². The Hall–Kier alpha value is -3.26. The van der Waals surface area contributed by atoms with Gasteiger partial charge in [0.2, 0.25) is 0 Å². The molecule has 0 saturated carbocycles. The Bertz CT molecular complexity index is 1250. The van der Waals surface area contributed by atoms with Crippen LogP contribution < -0.4 is 22.3 Å². The molecule has 0 spiro atoms. The molecular weight excluding hydrogens is 555 g/mol. The van der Waals surface area contributed by atoms with Crippen molar-refractivity contribution in [2.24, 2.45) is 11.0 Å². The van der Waals surface area contributed by atoms with Gasteiger partial charge < -0.3 is 21.0 Å². The van der Waals surface area contributed by atoms with Gasteiger partial charge in [0.25, 0.3) is 17.7 Å². The first-order valence-electron chi connectivity index (χ1n) is 9.80. The van der Waals surface area contributed by atoms with Crippen molar-refractivity contribution in [1.29, 1.82) is 0 Å². The minimum absolute atomic E-state index is 0.0743. The molecule has 1 saturated heterocycles. The van der Waals surface area contributed by atoms with Crippen molar-refractivity contribution in [2.75, 3.05) is 23.8 Å². The molecule has 0 bridgehead atoms. The number of thiazole rings is 1. The van der Waals surface area contributed by atoms with Crippen LogP contribution in [-0.4, -0.2) is 84.1 Å². The monoisotopic (exact) mass is 571 g/mol. The molecule has 0 aromatic carbocycles. The number of oxime groups is 1. The number of nitrogen functional groups attached to an aromatic ring is 1. The number of thioether (sulfide) groups is 2. The second kappa shape index (κ2) is 11.2. The molecular formula is C17H17N9O6S4. The number of carboxylic acids is 1. The van der Waals surface area contributed by atoms with E-state index in [0.717, 1.165) is 16.2 Å². The van der Waals surface area contributed by atoms with Crippen LogP contribution in [0.2, 0.25) is 0 Å². The molecule has 1 fully saturated rings. The number of aliphatic carboxylic acids is 1. The molecule has 3 amide bonds. The van der Waals surface area contributed by atoms with E-state index in [0.29, 0.717) is 21.4 Å². The Morgan fingerprint density at radius 3 is 2.81 bits per heavy atom. The second-order valence-corrected chi connectivity index (χ2v) is 11.0. The molecule has 2 aromatic heterocycles. The summed E-state index contributed by atoms with van der Waals surface area (Å²) in [6, 6.07) is -1.01. The Balaban J connectivity index is 1.48. The maximum absolute atomic E-state index is 13.0. The standard InChI is InChI=1S/C17H17N9O6S4/c18-16-21-7(4-34-16)9(25-32-1-8(27)23-19)12(28)22-10-13(29)26-11(15(30)31)6(2-33-14(10)26)3-35-17-24-20-5-36-17/h4-5,10,14H,1-3,19H2,(H2,18,21)(H,22,28)(H,23,27)(H,30,31)/t10?,14-/m1/s1. The Morgan fingerprint density at radius 2 is 2.17 bits per heavy atom. The molecule has 15 nitrogen and oxygen atoms in total. The minimum Gasteiger partial charge on any atom is -0.477 e. The van der Waals surface area contributed by atoms with Crippen molar-refractivity contribution in [3.05, 3.63) is 27.9 Å². The topological polar surface area (TPSA) is 228 Å². The van der Waals surface area contributed by atoms with Crippen LogP contribution >= 0.6 is 46.2 Å². The Kier molecular flexibility index (Phi) is 8.04. The van der Waals surface area contributed by atoms with Crippen LogP contribution in [-0.2, 0) is 24.0 Å². The van der Waals surface area contributed by atoms with E-state index in [1.165, 1.54) is 40.2 Å². The van der Waals surface area contributed by atoms with Gasteiger partial charge in [-0.1, -0.05) is 28.3 Å². The van der Waals surface area contributed by atoms with Crippen LogP contribution in [0.1, 0.15) is 5.69 Å². The summed E-state index contributed by atoms with van der Waals surface area (Å²) in [7, 11) is 0. The summed E-state index contributed by atoms with van der Waals surface area (Å²) >= 11 is 5.03. The van der Waals surface area contributed by atoms with Gasteiger partial charge in [-0.2, -0.15) is 0 Å². The number of hydrazine groups is 1. The molecule has 2 aromatic rings. The van der Waals surface area contributed by atoms with Crippen LogP contribution in [0.3, 0.4) is 0 Å². The van der Waals surface area contributed by atoms with E-state index in [4.69, 9.17) is 16.4 Å². The van der Waals surface area contributed by atoms with Crippen molar-refractivity contribution in [3.63, 3.8) is 0 Å². The van der Waals surface area contributed by atoms with Crippen molar-refractivity contribution in [1.82, 2.24) is 30.8 Å². The number of nitrogens with two attached hydrogens (primary N) is 2. The summed E-state index contributed by atoms with van der Waals surface area (Å²) in [4.78, 5) is 59.2. The lowest BCUT2D eigenvalue weighted by molar-refractivity contribution is -0.150. The maximum atomic E-state index is 13.0. The van der Waals surface area contributed by atoms with Gasteiger partial charge in [-0.25, -0.2) is 15.6 Å². The minimum atomic E-state index is -1.24. The Morgan fingerprint density at radius 1 is 1.36 bits per heavy atom. The van der Waals surface area contributed by atoms with E-state index in [2.05, 4.69) is 25.7 Å². The molecule has 0 radical (unpaired) electrons. The third-order valence-corrected chi connectivity index (χ3v) is 8.70. The molecule has 2 aliphatic rings. The quantitative estimate of drug-likeness (QED) is 0.0565. The third kappa shape index (κ3) is 5.43. The van der Waals surface area contributed by atoms with Crippen molar-refractivity contribution in [2.45, 2.75) is 15.8 Å². The van der Waals surface area contributed by atoms with E-state index in [1.807, 2.05) is 5.43 Å². The van der Waals surface area contributed by atoms with Gasteiger partial charge in [0.1, 0.15) is 28.3 Å². The van der Waals surface area contributed by atoms with E-state index in [9.17, 15) is 24.3 Å². The molecule has 2 aliphatic heterocycles. The fourth-order valence-corrected chi connectivity index (χ4v) is 6.70. The highest BCUT2D eigenvalue weighted by atomic mass is 32.2. The number of rotatable bonds is 10. The molecule has 190 valence electrons. The lowest BCUT2D eigenvalue weighted by Crippen LogP contribution is -2.71. The first-order valence-corrected chi connectivity index (χ1v) is 13.6. The average Bonchev–Trinajstić information content (AvgIpc) is 3.54. The Labute approximate surface area is 218 Å². The number of carboxylic acid groups (broad SMARTS) is 1. The van der Waals surface area contributed by atoms with E-state index in [1.54, 1.807) is 5.51 Å². The number of hydrogen-bond acceptors (Lipinski definition) is 15. The number of carbonyl (C=O) groups excluding carboxylic acids is 3. The summed E-state index contributed by atoms with van der Waals surface area (Å²) in [5, 5.41) is 24.7. The molecule has 4 rings (SSSR count). The van der Waals surface area contributed by atoms with Crippen molar-refractivity contribution in [3.8, 4) is 0 Å². The smallest absolute Gasteiger partial charge is 0.352 e. The maximum Gasteiger partial charge on any atom is 0.352 e. The van der Waals surface area contributed by atoms with Gasteiger partial charge in [-0.3, -0.25) is 24.7 Å². The van der Waals surface area contributed by atoms with E-state index in [-0.39, 0.29) is 22.2 Å². The number of anilines is 1.